The van der Waals surface area contributed by atoms with E-state index in [1.807, 2.05) is 17.6 Å². The highest BCUT2D eigenvalue weighted by atomic mass is 32.1. The number of aromatic amines is 1. The number of anilines is 1. The molecule has 5 nitrogen and oxygen atoms in total. The highest BCUT2D eigenvalue weighted by Gasteiger charge is 2.23. The molecular formula is C12H11N5S. The molecule has 0 aliphatic heterocycles. The number of thiazole rings is 1. The number of hydrogen-bond acceptors (Lipinski definition) is 5. The van der Waals surface area contributed by atoms with E-state index < -0.39 is 0 Å². The van der Waals surface area contributed by atoms with Crippen molar-refractivity contribution < 1.29 is 0 Å². The SMILES string of the molecule is c1cc2c(NC3CC3)nc(-c3cscn3)nc2[nH]1. The van der Waals surface area contributed by atoms with Gasteiger partial charge in [0.15, 0.2) is 5.82 Å². The Bertz CT molecular complexity index is 684. The number of nitrogens with one attached hydrogen (secondary N) is 2. The average molecular weight is 257 g/mol. The number of hydrogen-bond donors (Lipinski definition) is 2. The molecule has 4 rings (SSSR count). The first-order valence-corrected chi connectivity index (χ1v) is 6.84. The van der Waals surface area contributed by atoms with E-state index in [0.717, 1.165) is 22.5 Å². The zero-order valence-electron chi connectivity index (χ0n) is 9.55. The fourth-order valence-electron chi connectivity index (χ4n) is 1.91. The Morgan fingerprint density at radius 3 is 3.06 bits per heavy atom. The maximum atomic E-state index is 4.60. The molecule has 2 N–H and O–H groups in total. The molecule has 0 bridgehead atoms. The predicted octanol–water partition coefficient (Wildman–Crippen LogP) is 2.66. The van der Waals surface area contributed by atoms with Crippen molar-refractivity contribution in [3.63, 3.8) is 0 Å². The van der Waals surface area contributed by atoms with Crippen LogP contribution in [0.1, 0.15) is 12.8 Å². The number of aromatic nitrogens is 4. The Morgan fingerprint density at radius 1 is 1.33 bits per heavy atom. The van der Waals surface area contributed by atoms with Crippen molar-refractivity contribution in [2.45, 2.75) is 18.9 Å². The number of H-pyrrole nitrogens is 1. The molecule has 1 saturated carbocycles. The van der Waals surface area contributed by atoms with Gasteiger partial charge in [0.05, 0.1) is 10.9 Å². The van der Waals surface area contributed by atoms with Gasteiger partial charge in [-0.3, -0.25) is 0 Å². The lowest BCUT2D eigenvalue weighted by Gasteiger charge is -2.06. The van der Waals surface area contributed by atoms with Gasteiger partial charge in [0, 0.05) is 17.6 Å². The lowest BCUT2D eigenvalue weighted by molar-refractivity contribution is 1.10. The fourth-order valence-corrected chi connectivity index (χ4v) is 2.44. The Morgan fingerprint density at radius 2 is 2.28 bits per heavy atom. The molecule has 1 fully saturated rings. The first-order chi connectivity index (χ1) is 8.90. The highest BCUT2D eigenvalue weighted by molar-refractivity contribution is 7.07. The minimum absolute atomic E-state index is 0.571. The van der Waals surface area contributed by atoms with Gasteiger partial charge >= 0.3 is 0 Å². The topological polar surface area (TPSA) is 66.5 Å². The van der Waals surface area contributed by atoms with Crippen molar-refractivity contribution in [1.29, 1.82) is 0 Å². The molecule has 0 saturated heterocycles. The van der Waals surface area contributed by atoms with Gasteiger partial charge < -0.3 is 10.3 Å². The average Bonchev–Trinajstić information content (AvgIpc) is 2.89. The molecule has 0 radical (unpaired) electrons. The zero-order valence-corrected chi connectivity index (χ0v) is 10.4. The van der Waals surface area contributed by atoms with Crippen LogP contribution >= 0.6 is 11.3 Å². The predicted molar refractivity (Wildman–Crippen MR) is 71.6 cm³/mol. The van der Waals surface area contributed by atoms with Gasteiger partial charge in [-0.2, -0.15) is 0 Å². The Balaban J connectivity index is 1.88. The van der Waals surface area contributed by atoms with Crippen LogP contribution in [0.25, 0.3) is 22.6 Å². The van der Waals surface area contributed by atoms with Gasteiger partial charge in [-0.05, 0) is 18.9 Å². The molecule has 1 aliphatic rings. The van der Waals surface area contributed by atoms with E-state index >= 15 is 0 Å². The molecule has 18 heavy (non-hydrogen) atoms. The van der Waals surface area contributed by atoms with E-state index in [9.17, 15) is 0 Å². The third-order valence-electron chi connectivity index (χ3n) is 3.00. The van der Waals surface area contributed by atoms with Crippen molar-refractivity contribution in [2.75, 3.05) is 5.32 Å². The first-order valence-electron chi connectivity index (χ1n) is 5.90. The normalized spacial score (nSPS) is 15.1. The minimum atomic E-state index is 0.571. The third-order valence-corrected chi connectivity index (χ3v) is 3.58. The molecule has 0 aromatic carbocycles. The van der Waals surface area contributed by atoms with E-state index in [0.29, 0.717) is 11.9 Å². The second kappa shape index (κ2) is 3.78. The second-order valence-corrected chi connectivity index (χ2v) is 5.15. The van der Waals surface area contributed by atoms with Gasteiger partial charge in [-0.25, -0.2) is 15.0 Å². The third kappa shape index (κ3) is 1.65. The maximum absolute atomic E-state index is 4.60. The summed E-state index contributed by atoms with van der Waals surface area (Å²) < 4.78 is 0. The van der Waals surface area contributed by atoms with Crippen molar-refractivity contribution in [3.05, 3.63) is 23.2 Å². The molecule has 0 unspecified atom stereocenters. The van der Waals surface area contributed by atoms with Gasteiger partial charge in [-0.1, -0.05) is 0 Å². The molecule has 6 heteroatoms. The lowest BCUT2D eigenvalue weighted by Crippen LogP contribution is -2.05. The summed E-state index contributed by atoms with van der Waals surface area (Å²) in [5.74, 6) is 1.58. The summed E-state index contributed by atoms with van der Waals surface area (Å²) in [6, 6.07) is 2.58. The molecule has 0 atom stereocenters. The minimum Gasteiger partial charge on any atom is -0.367 e. The summed E-state index contributed by atoms with van der Waals surface area (Å²) in [7, 11) is 0. The summed E-state index contributed by atoms with van der Waals surface area (Å²) >= 11 is 1.55. The zero-order chi connectivity index (χ0) is 11.9. The van der Waals surface area contributed by atoms with Crippen molar-refractivity contribution in [3.8, 4) is 11.5 Å². The number of nitrogens with zero attached hydrogens (tertiary/aromatic N) is 3. The van der Waals surface area contributed by atoms with Crippen LogP contribution in [-0.2, 0) is 0 Å². The van der Waals surface area contributed by atoms with Crippen molar-refractivity contribution in [2.24, 2.45) is 0 Å². The monoisotopic (exact) mass is 257 g/mol. The van der Waals surface area contributed by atoms with Crippen LogP contribution in [-0.4, -0.2) is 26.0 Å². The molecule has 0 spiro atoms. The Kier molecular flexibility index (Phi) is 2.10. The van der Waals surface area contributed by atoms with E-state index in [-0.39, 0.29) is 0 Å². The molecule has 3 heterocycles. The molecule has 3 aromatic heterocycles. The highest BCUT2D eigenvalue weighted by Crippen LogP contribution is 2.29. The lowest BCUT2D eigenvalue weighted by atomic mass is 10.3. The van der Waals surface area contributed by atoms with E-state index in [4.69, 9.17) is 0 Å². The van der Waals surface area contributed by atoms with Gasteiger partial charge in [0.25, 0.3) is 0 Å². The number of rotatable bonds is 3. The van der Waals surface area contributed by atoms with Crippen LogP contribution in [0.2, 0.25) is 0 Å². The van der Waals surface area contributed by atoms with Crippen LogP contribution in [0.3, 0.4) is 0 Å². The van der Waals surface area contributed by atoms with E-state index in [1.54, 1.807) is 16.8 Å². The Labute approximate surface area is 107 Å². The molecular weight excluding hydrogens is 246 g/mol. The molecule has 0 amide bonds. The van der Waals surface area contributed by atoms with Gasteiger partial charge in [0.1, 0.15) is 17.2 Å². The maximum Gasteiger partial charge on any atom is 0.183 e. The molecule has 1 aliphatic carbocycles. The summed E-state index contributed by atoms with van der Waals surface area (Å²) in [5, 5.41) is 6.46. The summed E-state index contributed by atoms with van der Waals surface area (Å²) in [4.78, 5) is 16.5. The van der Waals surface area contributed by atoms with Gasteiger partial charge in [0.2, 0.25) is 0 Å². The van der Waals surface area contributed by atoms with Gasteiger partial charge in [-0.15, -0.1) is 11.3 Å². The smallest absolute Gasteiger partial charge is 0.183 e. The molecule has 90 valence electrons. The van der Waals surface area contributed by atoms with E-state index in [1.165, 1.54) is 12.8 Å². The second-order valence-electron chi connectivity index (χ2n) is 4.43. The summed E-state index contributed by atoms with van der Waals surface area (Å²) in [5.41, 5.74) is 3.48. The number of fused-ring (bicyclic) bond motifs is 1. The quantitative estimate of drug-likeness (QED) is 0.757. The fraction of sp³-hybridized carbons (Fsp3) is 0.250. The Hall–Kier alpha value is -1.95. The van der Waals surface area contributed by atoms with Crippen LogP contribution in [0.5, 0.6) is 0 Å². The van der Waals surface area contributed by atoms with Crippen LogP contribution in [0.15, 0.2) is 23.2 Å². The summed E-state index contributed by atoms with van der Waals surface area (Å²) in [6.07, 6.45) is 4.34. The standard InChI is InChI=1S/C12H11N5S/c1-2-7(1)15-11-8-3-4-13-10(8)16-12(17-11)9-5-18-6-14-9/h3-7H,1-2H2,(H2,13,15,16,17). The largest absolute Gasteiger partial charge is 0.367 e. The van der Waals surface area contributed by atoms with Crippen LogP contribution in [0.4, 0.5) is 5.82 Å². The van der Waals surface area contributed by atoms with Crippen molar-refractivity contribution >= 4 is 28.2 Å². The van der Waals surface area contributed by atoms with Crippen LogP contribution < -0.4 is 5.32 Å². The first kappa shape index (κ1) is 10.0. The van der Waals surface area contributed by atoms with Crippen molar-refractivity contribution in [1.82, 2.24) is 19.9 Å². The summed E-state index contributed by atoms with van der Waals surface area (Å²) in [6.45, 7) is 0. The van der Waals surface area contributed by atoms with E-state index in [2.05, 4.69) is 25.3 Å². The molecule has 3 aromatic rings. The van der Waals surface area contributed by atoms with Crippen LogP contribution in [0, 0.1) is 0 Å².